The van der Waals surface area contributed by atoms with Gasteiger partial charge in [-0.3, -0.25) is 0 Å². The number of nitrogens with zero attached hydrogens (tertiary/aromatic N) is 1. The Morgan fingerprint density at radius 1 is 1.33 bits per heavy atom. The van der Waals surface area contributed by atoms with E-state index in [4.69, 9.17) is 10.5 Å². The van der Waals surface area contributed by atoms with Gasteiger partial charge in [0, 0.05) is 24.8 Å². The van der Waals surface area contributed by atoms with Crippen LogP contribution in [0.1, 0.15) is 18.9 Å². The number of hydrogen-bond acceptors (Lipinski definition) is 3. The quantitative estimate of drug-likeness (QED) is 0.834. The van der Waals surface area contributed by atoms with Crippen molar-refractivity contribution >= 4 is 18.1 Å². The Kier molecular flexibility index (Phi) is 6.47. The summed E-state index contributed by atoms with van der Waals surface area (Å²) in [4.78, 5) is 2.45. The lowest BCUT2D eigenvalue weighted by molar-refractivity contribution is 0.146. The van der Waals surface area contributed by atoms with Crippen LogP contribution in [0.15, 0.2) is 24.3 Å². The molecule has 18 heavy (non-hydrogen) atoms. The molecule has 2 N–H and O–H groups in total. The molecule has 0 fully saturated rings. The van der Waals surface area contributed by atoms with Crippen molar-refractivity contribution in [3.05, 3.63) is 29.8 Å². The van der Waals surface area contributed by atoms with Gasteiger partial charge in [0.1, 0.15) is 0 Å². The molecule has 3 nitrogen and oxygen atoms in total. The monoisotopic (exact) mass is 270 g/mol. The molecule has 102 valence electrons. The number of aryl methyl sites for hydroxylation is 1. The van der Waals surface area contributed by atoms with Gasteiger partial charge in [-0.1, -0.05) is 18.2 Å². The first-order valence-electron chi connectivity index (χ1n) is 6.45. The van der Waals surface area contributed by atoms with E-state index in [1.807, 2.05) is 0 Å². The van der Waals surface area contributed by atoms with Crippen LogP contribution in [0.2, 0.25) is 0 Å². The smallest absolute Gasteiger partial charge is 0.0642 e. The molecule has 0 aliphatic carbocycles. The Labute approximate surface area is 116 Å². The van der Waals surface area contributed by atoms with Gasteiger partial charge >= 0.3 is 0 Å². The molecule has 0 aromatic heterocycles. The van der Waals surface area contributed by atoms with Gasteiger partial charge in [0.25, 0.3) is 0 Å². The first kappa shape index (κ1) is 15.3. The lowest BCUT2D eigenvalue weighted by Gasteiger charge is -2.37. The standard InChI is InChI=1S/C14H22N2O.ClH/c1-12-6-7-13-4-2-3-5-14(13)16(12)9-11-17-10-8-15;/h2-5,12H,6-11,15H2,1H3;1H. The second kappa shape index (κ2) is 7.62. The molecule has 0 amide bonds. The maximum atomic E-state index is 5.48. The zero-order chi connectivity index (χ0) is 12.1. The summed E-state index contributed by atoms with van der Waals surface area (Å²) >= 11 is 0. The Hall–Kier alpha value is -0.770. The SMILES string of the molecule is CC1CCc2ccccc2N1CCOCCN.Cl. The predicted octanol–water partition coefficient (Wildman–Crippen LogP) is 2.22. The molecule has 0 spiro atoms. The summed E-state index contributed by atoms with van der Waals surface area (Å²) in [6.45, 7) is 5.27. The molecule has 0 radical (unpaired) electrons. The molecule has 1 aromatic carbocycles. The molecule has 1 unspecified atom stereocenters. The number of rotatable bonds is 5. The summed E-state index contributed by atoms with van der Waals surface area (Å²) in [6, 6.07) is 9.29. The number of fused-ring (bicyclic) bond motifs is 1. The predicted molar refractivity (Wildman–Crippen MR) is 78.7 cm³/mol. The van der Waals surface area contributed by atoms with Crippen LogP contribution in [0.3, 0.4) is 0 Å². The minimum atomic E-state index is 0. The largest absolute Gasteiger partial charge is 0.378 e. The molecule has 1 aliphatic heterocycles. The molecule has 4 heteroatoms. The van der Waals surface area contributed by atoms with Crippen molar-refractivity contribution in [2.45, 2.75) is 25.8 Å². The molecule has 1 atom stereocenters. The number of halogens is 1. The lowest BCUT2D eigenvalue weighted by atomic mass is 9.97. The van der Waals surface area contributed by atoms with E-state index >= 15 is 0 Å². The molecule has 0 saturated carbocycles. The third kappa shape index (κ3) is 3.61. The summed E-state index contributed by atoms with van der Waals surface area (Å²) < 4.78 is 5.48. The molecule has 2 rings (SSSR count). The summed E-state index contributed by atoms with van der Waals surface area (Å²) in [5.41, 5.74) is 8.25. The van der Waals surface area contributed by atoms with Gasteiger partial charge in [-0.05, 0) is 31.4 Å². The fraction of sp³-hybridized carbons (Fsp3) is 0.571. The number of anilines is 1. The second-order valence-electron chi connectivity index (χ2n) is 4.61. The van der Waals surface area contributed by atoms with Gasteiger partial charge in [-0.2, -0.15) is 0 Å². The normalized spacial score (nSPS) is 18.1. The van der Waals surface area contributed by atoms with E-state index in [9.17, 15) is 0 Å². The molecule has 1 aromatic rings. The molecule has 1 heterocycles. The Bertz CT molecular complexity index is 359. The Morgan fingerprint density at radius 3 is 2.89 bits per heavy atom. The number of nitrogens with two attached hydrogens (primary N) is 1. The van der Waals surface area contributed by atoms with Crippen LogP contribution in [0.4, 0.5) is 5.69 Å². The average Bonchev–Trinajstić information content (AvgIpc) is 2.37. The Morgan fingerprint density at radius 2 is 2.11 bits per heavy atom. The third-order valence-electron chi connectivity index (χ3n) is 3.40. The van der Waals surface area contributed by atoms with E-state index in [0.29, 0.717) is 19.2 Å². The van der Waals surface area contributed by atoms with E-state index in [1.54, 1.807) is 0 Å². The highest BCUT2D eigenvalue weighted by molar-refractivity contribution is 5.85. The summed E-state index contributed by atoms with van der Waals surface area (Å²) in [6.07, 6.45) is 2.42. The van der Waals surface area contributed by atoms with E-state index in [1.165, 1.54) is 24.1 Å². The fourth-order valence-electron chi connectivity index (χ4n) is 2.45. The van der Waals surface area contributed by atoms with E-state index in [0.717, 1.165) is 13.2 Å². The van der Waals surface area contributed by atoms with Gasteiger partial charge in [-0.25, -0.2) is 0 Å². The van der Waals surface area contributed by atoms with E-state index < -0.39 is 0 Å². The summed E-state index contributed by atoms with van der Waals surface area (Å²) in [5.74, 6) is 0. The lowest BCUT2D eigenvalue weighted by Crippen LogP contribution is -2.39. The first-order chi connectivity index (χ1) is 8.33. The van der Waals surface area contributed by atoms with Crippen molar-refractivity contribution in [3.8, 4) is 0 Å². The van der Waals surface area contributed by atoms with E-state index in [2.05, 4.69) is 36.1 Å². The highest BCUT2D eigenvalue weighted by Crippen LogP contribution is 2.29. The second-order valence-corrected chi connectivity index (χ2v) is 4.61. The van der Waals surface area contributed by atoms with Gasteiger partial charge in [0.05, 0.1) is 13.2 Å². The van der Waals surface area contributed by atoms with Crippen molar-refractivity contribution < 1.29 is 4.74 Å². The van der Waals surface area contributed by atoms with Crippen LogP contribution in [0.25, 0.3) is 0 Å². The minimum absolute atomic E-state index is 0. The summed E-state index contributed by atoms with van der Waals surface area (Å²) in [5, 5.41) is 0. The number of ether oxygens (including phenoxy) is 1. The molecule has 0 saturated heterocycles. The van der Waals surface area contributed by atoms with Crippen molar-refractivity contribution in [1.82, 2.24) is 0 Å². The van der Waals surface area contributed by atoms with Crippen LogP contribution in [-0.4, -0.2) is 32.3 Å². The topological polar surface area (TPSA) is 38.5 Å². The molecule has 0 bridgehead atoms. The molecular formula is C14H23ClN2O. The number of para-hydroxylation sites is 1. The van der Waals surface area contributed by atoms with Crippen molar-refractivity contribution in [2.75, 3.05) is 31.2 Å². The Balaban J connectivity index is 0.00000162. The van der Waals surface area contributed by atoms with Crippen LogP contribution in [0.5, 0.6) is 0 Å². The summed E-state index contributed by atoms with van der Waals surface area (Å²) in [7, 11) is 0. The molecular weight excluding hydrogens is 248 g/mol. The maximum Gasteiger partial charge on any atom is 0.0642 e. The van der Waals surface area contributed by atoms with Crippen LogP contribution >= 0.6 is 12.4 Å². The first-order valence-corrected chi connectivity index (χ1v) is 6.45. The van der Waals surface area contributed by atoms with Crippen LogP contribution in [0, 0.1) is 0 Å². The fourth-order valence-corrected chi connectivity index (χ4v) is 2.45. The molecule has 1 aliphatic rings. The van der Waals surface area contributed by atoms with Gasteiger partial charge in [0.15, 0.2) is 0 Å². The van der Waals surface area contributed by atoms with Crippen LogP contribution < -0.4 is 10.6 Å². The zero-order valence-electron chi connectivity index (χ0n) is 11.0. The van der Waals surface area contributed by atoms with Gasteiger partial charge < -0.3 is 15.4 Å². The number of hydrogen-bond donors (Lipinski definition) is 1. The van der Waals surface area contributed by atoms with Crippen molar-refractivity contribution in [1.29, 1.82) is 0 Å². The van der Waals surface area contributed by atoms with Crippen LogP contribution in [-0.2, 0) is 11.2 Å². The highest BCUT2D eigenvalue weighted by Gasteiger charge is 2.21. The van der Waals surface area contributed by atoms with Crippen molar-refractivity contribution in [2.24, 2.45) is 5.73 Å². The highest BCUT2D eigenvalue weighted by atomic mass is 35.5. The van der Waals surface area contributed by atoms with Crippen molar-refractivity contribution in [3.63, 3.8) is 0 Å². The van der Waals surface area contributed by atoms with Gasteiger partial charge in [0.2, 0.25) is 0 Å². The average molecular weight is 271 g/mol. The van der Waals surface area contributed by atoms with E-state index in [-0.39, 0.29) is 12.4 Å². The minimum Gasteiger partial charge on any atom is -0.378 e. The van der Waals surface area contributed by atoms with Gasteiger partial charge in [-0.15, -0.1) is 12.4 Å². The number of benzene rings is 1. The zero-order valence-corrected chi connectivity index (χ0v) is 11.8. The third-order valence-corrected chi connectivity index (χ3v) is 3.40. The maximum absolute atomic E-state index is 5.48.